The van der Waals surface area contributed by atoms with Gasteiger partial charge < -0.3 is 9.84 Å². The van der Waals surface area contributed by atoms with Crippen molar-refractivity contribution in [2.75, 3.05) is 0 Å². The summed E-state index contributed by atoms with van der Waals surface area (Å²) < 4.78 is 7.23. The second kappa shape index (κ2) is 4.94. The monoisotopic (exact) mass is 282 g/mol. The molecule has 106 valence electrons. The first-order valence-electron chi connectivity index (χ1n) is 6.52. The molecule has 1 aromatic carbocycles. The second-order valence-electron chi connectivity index (χ2n) is 4.87. The van der Waals surface area contributed by atoms with Gasteiger partial charge in [-0.1, -0.05) is 23.8 Å². The highest BCUT2D eigenvalue weighted by Gasteiger charge is 2.20. The Hall–Kier alpha value is -2.82. The third kappa shape index (κ3) is 2.33. The maximum Gasteiger partial charge on any atom is 0.358 e. The molecule has 5 nitrogen and oxygen atoms in total. The summed E-state index contributed by atoms with van der Waals surface area (Å²) in [6.07, 6.45) is 1.65. The molecule has 0 spiro atoms. The number of rotatable bonds is 3. The summed E-state index contributed by atoms with van der Waals surface area (Å²) in [6, 6.07) is 11.0. The van der Waals surface area contributed by atoms with Crippen molar-refractivity contribution in [1.29, 1.82) is 0 Å². The Morgan fingerprint density at radius 2 is 2.05 bits per heavy atom. The van der Waals surface area contributed by atoms with Crippen LogP contribution < -0.4 is 4.74 Å². The molecule has 0 bridgehead atoms. The van der Waals surface area contributed by atoms with E-state index in [9.17, 15) is 9.90 Å². The minimum absolute atomic E-state index is 0.0191. The van der Waals surface area contributed by atoms with Gasteiger partial charge in [-0.05, 0) is 37.6 Å². The van der Waals surface area contributed by atoms with Crippen LogP contribution in [0.1, 0.15) is 21.6 Å². The van der Waals surface area contributed by atoms with Gasteiger partial charge in [0.05, 0.1) is 0 Å². The van der Waals surface area contributed by atoms with Crippen molar-refractivity contribution in [3.63, 3.8) is 0 Å². The minimum atomic E-state index is -1.08. The van der Waals surface area contributed by atoms with E-state index in [2.05, 4.69) is 4.98 Å². The quantitative estimate of drug-likeness (QED) is 0.799. The average Bonchev–Trinajstić information content (AvgIpc) is 2.80. The molecule has 3 rings (SSSR count). The molecule has 0 saturated carbocycles. The zero-order valence-corrected chi connectivity index (χ0v) is 11.7. The van der Waals surface area contributed by atoms with Gasteiger partial charge in [-0.15, -0.1) is 0 Å². The van der Waals surface area contributed by atoms with E-state index >= 15 is 0 Å². The van der Waals surface area contributed by atoms with Crippen LogP contribution in [0.5, 0.6) is 11.6 Å². The molecule has 21 heavy (non-hydrogen) atoms. The number of imidazole rings is 1. The fraction of sp³-hybridized carbons (Fsp3) is 0.125. The molecular weight excluding hydrogens is 268 g/mol. The van der Waals surface area contributed by atoms with Crippen molar-refractivity contribution >= 4 is 11.6 Å². The van der Waals surface area contributed by atoms with Crippen molar-refractivity contribution in [3.8, 4) is 11.6 Å². The molecule has 0 saturated heterocycles. The van der Waals surface area contributed by atoms with E-state index in [1.54, 1.807) is 24.4 Å². The highest BCUT2D eigenvalue weighted by atomic mass is 16.5. The van der Waals surface area contributed by atoms with Gasteiger partial charge >= 0.3 is 5.97 Å². The molecule has 0 fully saturated rings. The summed E-state index contributed by atoms with van der Waals surface area (Å²) in [5.41, 5.74) is 2.61. The maximum atomic E-state index is 11.5. The predicted octanol–water partition coefficient (Wildman–Crippen LogP) is 3.44. The van der Waals surface area contributed by atoms with Crippen LogP contribution >= 0.6 is 0 Å². The number of nitrogens with zero attached hydrogens (tertiary/aromatic N) is 2. The van der Waals surface area contributed by atoms with E-state index in [0.29, 0.717) is 11.4 Å². The first kappa shape index (κ1) is 13.2. The number of hydrogen-bond donors (Lipinski definition) is 1. The predicted molar refractivity (Wildman–Crippen MR) is 78.1 cm³/mol. The van der Waals surface area contributed by atoms with E-state index in [-0.39, 0.29) is 11.6 Å². The molecule has 0 amide bonds. The van der Waals surface area contributed by atoms with E-state index in [4.69, 9.17) is 4.74 Å². The van der Waals surface area contributed by atoms with Crippen molar-refractivity contribution in [3.05, 3.63) is 59.4 Å². The van der Waals surface area contributed by atoms with Crippen LogP contribution in [0.4, 0.5) is 0 Å². The first-order valence-corrected chi connectivity index (χ1v) is 6.52. The molecule has 2 aromatic heterocycles. The Kier molecular flexibility index (Phi) is 3.10. The van der Waals surface area contributed by atoms with Gasteiger partial charge in [0.25, 0.3) is 5.88 Å². The topological polar surface area (TPSA) is 63.8 Å². The van der Waals surface area contributed by atoms with Crippen LogP contribution in [0, 0.1) is 13.8 Å². The van der Waals surface area contributed by atoms with Crippen LogP contribution in [0.25, 0.3) is 5.65 Å². The summed E-state index contributed by atoms with van der Waals surface area (Å²) in [5.74, 6) is -0.374. The highest BCUT2D eigenvalue weighted by Crippen LogP contribution is 2.28. The van der Waals surface area contributed by atoms with Crippen LogP contribution in [-0.2, 0) is 0 Å². The fourth-order valence-electron chi connectivity index (χ4n) is 2.26. The van der Waals surface area contributed by atoms with Gasteiger partial charge in [-0.2, -0.15) is 4.98 Å². The van der Waals surface area contributed by atoms with Crippen LogP contribution in [0.15, 0.2) is 42.6 Å². The van der Waals surface area contributed by atoms with Gasteiger partial charge in [-0.25, -0.2) is 4.79 Å². The Bertz CT molecular complexity index is 837. The largest absolute Gasteiger partial charge is 0.476 e. The molecule has 0 aliphatic carbocycles. The van der Waals surface area contributed by atoms with E-state index in [1.165, 1.54) is 4.40 Å². The molecular formula is C16H14N2O3. The van der Waals surface area contributed by atoms with Gasteiger partial charge in [-0.3, -0.25) is 4.40 Å². The second-order valence-corrected chi connectivity index (χ2v) is 4.87. The van der Waals surface area contributed by atoms with Crippen molar-refractivity contribution in [1.82, 2.24) is 9.38 Å². The lowest BCUT2D eigenvalue weighted by molar-refractivity contribution is 0.0686. The standard InChI is InChI=1S/C16H14N2O3/c1-10-6-7-12(11(2)9-10)21-15-14(16(19)20)18-8-4-3-5-13(18)17-15/h3-9H,1-2H3,(H,19,20). The number of hydrogen-bond acceptors (Lipinski definition) is 3. The summed E-state index contributed by atoms with van der Waals surface area (Å²) in [7, 11) is 0. The smallest absolute Gasteiger partial charge is 0.358 e. The molecule has 0 radical (unpaired) electrons. The van der Waals surface area contributed by atoms with E-state index in [1.807, 2.05) is 32.0 Å². The number of aromatic carboxylic acids is 1. The highest BCUT2D eigenvalue weighted by molar-refractivity contribution is 5.90. The van der Waals surface area contributed by atoms with Crippen LogP contribution in [0.3, 0.4) is 0 Å². The SMILES string of the molecule is Cc1ccc(Oc2nc3ccccn3c2C(=O)O)c(C)c1. The average molecular weight is 282 g/mol. The summed E-state index contributed by atoms with van der Waals surface area (Å²) in [5, 5.41) is 9.40. The number of benzene rings is 1. The number of fused-ring (bicyclic) bond motifs is 1. The number of carbonyl (C=O) groups is 1. The molecule has 0 unspecified atom stereocenters. The Balaban J connectivity index is 2.12. The lowest BCUT2D eigenvalue weighted by Crippen LogP contribution is -2.03. The Morgan fingerprint density at radius 3 is 2.76 bits per heavy atom. The van der Waals surface area contributed by atoms with Gasteiger partial charge in [0, 0.05) is 6.20 Å². The van der Waals surface area contributed by atoms with Crippen molar-refractivity contribution in [2.24, 2.45) is 0 Å². The van der Waals surface area contributed by atoms with Gasteiger partial charge in [0.15, 0.2) is 5.69 Å². The zero-order chi connectivity index (χ0) is 15.0. The summed E-state index contributed by atoms with van der Waals surface area (Å²) in [6.45, 7) is 3.91. The first-order chi connectivity index (χ1) is 10.1. The zero-order valence-electron chi connectivity index (χ0n) is 11.7. The fourth-order valence-corrected chi connectivity index (χ4v) is 2.26. The number of carboxylic acids is 1. The van der Waals surface area contributed by atoms with Crippen LogP contribution in [0.2, 0.25) is 0 Å². The molecule has 1 N–H and O–H groups in total. The Morgan fingerprint density at radius 1 is 1.24 bits per heavy atom. The minimum Gasteiger partial charge on any atom is -0.476 e. The molecule has 2 heterocycles. The number of pyridine rings is 1. The van der Waals surface area contributed by atoms with E-state index in [0.717, 1.165) is 11.1 Å². The lowest BCUT2D eigenvalue weighted by atomic mass is 10.1. The molecule has 5 heteroatoms. The third-order valence-corrected chi connectivity index (χ3v) is 3.24. The number of carboxylic acid groups (broad SMARTS) is 1. The van der Waals surface area contributed by atoms with Crippen molar-refractivity contribution in [2.45, 2.75) is 13.8 Å². The maximum absolute atomic E-state index is 11.5. The molecule has 0 aliphatic rings. The number of ether oxygens (including phenoxy) is 1. The molecule has 0 atom stereocenters. The number of aryl methyl sites for hydroxylation is 2. The third-order valence-electron chi connectivity index (χ3n) is 3.24. The van der Waals surface area contributed by atoms with E-state index < -0.39 is 5.97 Å². The summed E-state index contributed by atoms with van der Waals surface area (Å²) >= 11 is 0. The summed E-state index contributed by atoms with van der Waals surface area (Å²) in [4.78, 5) is 15.7. The van der Waals surface area contributed by atoms with Gasteiger partial charge in [0.2, 0.25) is 0 Å². The van der Waals surface area contributed by atoms with Crippen LogP contribution in [-0.4, -0.2) is 20.5 Å². The number of aromatic nitrogens is 2. The van der Waals surface area contributed by atoms with Gasteiger partial charge in [0.1, 0.15) is 11.4 Å². The normalized spacial score (nSPS) is 10.8. The lowest BCUT2D eigenvalue weighted by Gasteiger charge is -2.07. The molecule has 0 aliphatic heterocycles. The Labute approximate surface area is 121 Å². The molecule has 3 aromatic rings. The van der Waals surface area contributed by atoms with Crippen molar-refractivity contribution < 1.29 is 14.6 Å².